The van der Waals surface area contributed by atoms with Gasteiger partial charge in [0.25, 0.3) is 5.69 Å². The summed E-state index contributed by atoms with van der Waals surface area (Å²) in [5, 5.41) is 14.3. The lowest BCUT2D eigenvalue weighted by atomic mass is 9.82. The third kappa shape index (κ3) is 7.21. The molecule has 0 aromatic heterocycles. The molecule has 1 aliphatic heterocycles. The van der Waals surface area contributed by atoms with Crippen LogP contribution in [0.15, 0.2) is 42.5 Å². The lowest BCUT2D eigenvalue weighted by Gasteiger charge is -2.27. The number of esters is 1. The Morgan fingerprint density at radius 3 is 2.53 bits per heavy atom. The monoisotopic (exact) mass is 496 g/mol. The van der Waals surface area contributed by atoms with Crippen LogP contribution in [0.1, 0.15) is 51.2 Å². The van der Waals surface area contributed by atoms with Crippen LogP contribution in [0.25, 0.3) is 0 Å². The number of nitrogens with zero attached hydrogens (tertiary/aromatic N) is 1. The van der Waals surface area contributed by atoms with Crippen LogP contribution in [0.3, 0.4) is 0 Å². The van der Waals surface area contributed by atoms with Crippen molar-refractivity contribution in [1.82, 2.24) is 5.32 Å². The second kappa shape index (κ2) is 12.4. The second-order valence-electron chi connectivity index (χ2n) is 9.23. The largest absolute Gasteiger partial charge is 0.494 e. The van der Waals surface area contributed by atoms with Gasteiger partial charge in [0.1, 0.15) is 17.3 Å². The Morgan fingerprint density at radius 2 is 1.86 bits per heavy atom. The number of benzene rings is 2. The molecule has 3 atom stereocenters. The number of carbonyl (C=O) groups excluding carboxylic acids is 3. The molecule has 36 heavy (non-hydrogen) atoms. The molecule has 0 saturated heterocycles. The molecule has 9 heteroatoms. The summed E-state index contributed by atoms with van der Waals surface area (Å²) in [6.45, 7) is 5.65. The Kier molecular flexibility index (Phi) is 9.30. The van der Waals surface area contributed by atoms with Crippen LogP contribution in [-0.2, 0) is 27.3 Å². The number of ketones is 2. The maximum absolute atomic E-state index is 13.3. The van der Waals surface area contributed by atoms with Crippen LogP contribution in [-0.4, -0.2) is 35.1 Å². The van der Waals surface area contributed by atoms with E-state index in [1.165, 1.54) is 18.2 Å². The topological polar surface area (TPSA) is 125 Å². The highest BCUT2D eigenvalue weighted by Crippen LogP contribution is 2.29. The first-order chi connectivity index (χ1) is 17.2. The number of non-ortho nitro benzene ring substituents is 1. The highest BCUT2D eigenvalue weighted by Gasteiger charge is 2.35. The van der Waals surface area contributed by atoms with Crippen LogP contribution in [0.2, 0.25) is 0 Å². The van der Waals surface area contributed by atoms with Gasteiger partial charge in [0, 0.05) is 36.6 Å². The minimum atomic E-state index is -0.722. The summed E-state index contributed by atoms with van der Waals surface area (Å²) < 4.78 is 11.3. The summed E-state index contributed by atoms with van der Waals surface area (Å²) in [4.78, 5) is 47.9. The molecule has 9 nitrogen and oxygen atoms in total. The number of unbranched alkanes of at least 4 members (excludes halogenated alkanes) is 1. The van der Waals surface area contributed by atoms with Gasteiger partial charge in [-0.1, -0.05) is 19.1 Å². The van der Waals surface area contributed by atoms with E-state index >= 15 is 0 Å². The molecular weight excluding hydrogens is 464 g/mol. The molecule has 0 radical (unpaired) electrons. The van der Waals surface area contributed by atoms with Gasteiger partial charge in [0.2, 0.25) is 0 Å². The van der Waals surface area contributed by atoms with E-state index < -0.39 is 28.8 Å². The highest BCUT2D eigenvalue weighted by atomic mass is 16.6. The summed E-state index contributed by atoms with van der Waals surface area (Å²) >= 11 is 0. The number of fused-ring (bicyclic) bond motifs is 1. The van der Waals surface area contributed by atoms with E-state index in [2.05, 4.69) is 5.32 Å². The minimum Gasteiger partial charge on any atom is -0.494 e. The maximum Gasteiger partial charge on any atom is 0.314 e. The number of Topliss-reactive ketones (excluding diaryl/α,β-unsaturated/α-hetero) is 2. The van der Waals surface area contributed by atoms with Crippen molar-refractivity contribution in [3.05, 3.63) is 63.7 Å². The van der Waals surface area contributed by atoms with Gasteiger partial charge in [-0.05, 0) is 56.9 Å². The average Bonchev–Trinajstić information content (AvgIpc) is 2.85. The average molecular weight is 497 g/mol. The van der Waals surface area contributed by atoms with Crippen molar-refractivity contribution < 1.29 is 28.8 Å². The molecule has 0 spiro atoms. The van der Waals surface area contributed by atoms with Gasteiger partial charge in [0.15, 0.2) is 5.78 Å². The third-order valence-electron chi connectivity index (χ3n) is 6.40. The number of carbonyl (C=O) groups is 3. The molecular formula is C27H32N2O7. The molecule has 0 amide bonds. The SMILES string of the molecule is CC(=O)CCCCOc1ccc(CC2C(=O)[C@H](C)NCc3cc([N+](=O)[O-])ccc3OC(=O)[C@@H]2C)cc1. The molecule has 0 aliphatic carbocycles. The number of nitro groups is 1. The van der Waals surface area contributed by atoms with Crippen molar-refractivity contribution >= 4 is 23.2 Å². The number of hydrogen-bond donors (Lipinski definition) is 1. The molecule has 1 aliphatic rings. The van der Waals surface area contributed by atoms with Crippen LogP contribution >= 0.6 is 0 Å². The number of ether oxygens (including phenoxy) is 2. The first-order valence-corrected chi connectivity index (χ1v) is 12.1. The molecule has 2 aromatic carbocycles. The molecule has 1 unspecified atom stereocenters. The first-order valence-electron chi connectivity index (χ1n) is 12.1. The van der Waals surface area contributed by atoms with Crippen LogP contribution < -0.4 is 14.8 Å². The standard InChI is InChI=1S/C27H32N2O7/c1-17(30)6-4-5-13-35-23-10-7-20(8-11-23)14-24-18(2)27(32)36-25-12-9-22(29(33)34)15-21(25)16-28-19(3)26(24)31/h7-12,15,18-19,24,28H,4-6,13-14,16H2,1-3H3/t18-,19+,24?/m1/s1. The Morgan fingerprint density at radius 1 is 1.14 bits per heavy atom. The molecule has 1 N–H and O–H groups in total. The van der Waals surface area contributed by atoms with Crippen LogP contribution in [0.5, 0.6) is 11.5 Å². The van der Waals surface area contributed by atoms with Crippen molar-refractivity contribution in [2.45, 2.75) is 59.0 Å². The Bertz CT molecular complexity index is 1110. The Hall–Kier alpha value is -3.59. The van der Waals surface area contributed by atoms with Gasteiger partial charge in [-0.25, -0.2) is 0 Å². The number of hydrogen-bond acceptors (Lipinski definition) is 8. The van der Waals surface area contributed by atoms with Crippen LogP contribution in [0, 0.1) is 22.0 Å². The lowest BCUT2D eigenvalue weighted by Crippen LogP contribution is -2.43. The molecule has 0 fully saturated rings. The van der Waals surface area contributed by atoms with Crippen molar-refractivity contribution in [2.24, 2.45) is 11.8 Å². The van der Waals surface area contributed by atoms with Crippen molar-refractivity contribution in [2.75, 3.05) is 6.61 Å². The van der Waals surface area contributed by atoms with Crippen molar-refractivity contribution in [1.29, 1.82) is 0 Å². The zero-order valence-electron chi connectivity index (χ0n) is 20.8. The Labute approximate surface area is 210 Å². The lowest BCUT2D eigenvalue weighted by molar-refractivity contribution is -0.384. The fourth-order valence-electron chi connectivity index (χ4n) is 4.13. The fraction of sp³-hybridized carbons (Fsp3) is 0.444. The van der Waals surface area contributed by atoms with Gasteiger partial charge in [-0.15, -0.1) is 0 Å². The smallest absolute Gasteiger partial charge is 0.314 e. The molecule has 1 heterocycles. The number of rotatable bonds is 9. The summed E-state index contributed by atoms with van der Waals surface area (Å²) in [6.07, 6.45) is 2.49. The predicted octanol–water partition coefficient (Wildman–Crippen LogP) is 4.19. The third-order valence-corrected chi connectivity index (χ3v) is 6.40. The zero-order chi connectivity index (χ0) is 26.2. The van der Waals surface area contributed by atoms with Crippen molar-refractivity contribution in [3.8, 4) is 11.5 Å². The first kappa shape index (κ1) is 27.0. The molecule has 2 aromatic rings. The number of nitro benzene ring substituents is 1. The van der Waals surface area contributed by atoms with E-state index in [-0.39, 0.29) is 29.5 Å². The van der Waals surface area contributed by atoms with E-state index in [4.69, 9.17) is 9.47 Å². The Balaban J connectivity index is 1.70. The summed E-state index contributed by atoms with van der Waals surface area (Å²) in [7, 11) is 0. The molecule has 0 saturated carbocycles. The van der Waals surface area contributed by atoms with E-state index in [0.29, 0.717) is 30.8 Å². The normalized spacial score (nSPS) is 20.2. The molecule has 3 rings (SSSR count). The maximum atomic E-state index is 13.3. The summed E-state index contributed by atoms with van der Waals surface area (Å²) in [6, 6.07) is 10.9. The van der Waals surface area contributed by atoms with E-state index in [0.717, 1.165) is 18.4 Å². The van der Waals surface area contributed by atoms with Crippen LogP contribution in [0.4, 0.5) is 5.69 Å². The second-order valence-corrected chi connectivity index (χ2v) is 9.23. The fourth-order valence-corrected chi connectivity index (χ4v) is 4.13. The quantitative estimate of drug-likeness (QED) is 0.180. The highest BCUT2D eigenvalue weighted by molar-refractivity contribution is 5.91. The van der Waals surface area contributed by atoms with Gasteiger partial charge >= 0.3 is 5.97 Å². The minimum absolute atomic E-state index is 0.114. The van der Waals surface area contributed by atoms with E-state index in [1.807, 2.05) is 24.3 Å². The van der Waals surface area contributed by atoms with Gasteiger partial charge in [-0.2, -0.15) is 0 Å². The summed E-state index contributed by atoms with van der Waals surface area (Å²) in [5.74, 6) is -0.896. The molecule has 0 bridgehead atoms. The van der Waals surface area contributed by atoms with Gasteiger partial charge < -0.3 is 19.6 Å². The van der Waals surface area contributed by atoms with Gasteiger partial charge in [0.05, 0.1) is 23.5 Å². The van der Waals surface area contributed by atoms with Crippen molar-refractivity contribution in [3.63, 3.8) is 0 Å². The van der Waals surface area contributed by atoms with Gasteiger partial charge in [-0.3, -0.25) is 19.7 Å². The predicted molar refractivity (Wildman–Crippen MR) is 133 cm³/mol. The van der Waals surface area contributed by atoms with E-state index in [1.54, 1.807) is 20.8 Å². The molecule has 192 valence electrons. The summed E-state index contributed by atoms with van der Waals surface area (Å²) in [5.41, 5.74) is 1.22. The van der Waals surface area contributed by atoms with E-state index in [9.17, 15) is 24.5 Å². The zero-order valence-corrected chi connectivity index (χ0v) is 20.8. The number of nitrogens with one attached hydrogen (secondary N) is 1.